The minimum Gasteiger partial charge on any atom is -0.478 e. The zero-order valence-corrected chi connectivity index (χ0v) is 15.4. The van der Waals surface area contributed by atoms with Crippen molar-refractivity contribution in [2.24, 2.45) is 0 Å². The largest absolute Gasteiger partial charge is 0.478 e. The van der Waals surface area contributed by atoms with Crippen molar-refractivity contribution in [1.82, 2.24) is 9.38 Å². The van der Waals surface area contributed by atoms with E-state index >= 15 is 0 Å². The Morgan fingerprint density at radius 1 is 1.19 bits per heavy atom. The van der Waals surface area contributed by atoms with Crippen LogP contribution in [0.15, 0.2) is 47.4 Å². The van der Waals surface area contributed by atoms with E-state index in [1.165, 1.54) is 22.7 Å². The molecule has 26 heavy (non-hydrogen) atoms. The van der Waals surface area contributed by atoms with Crippen LogP contribution in [0.4, 0.5) is 5.69 Å². The Labute approximate surface area is 160 Å². The number of thiazole rings is 1. The molecule has 130 valence electrons. The van der Waals surface area contributed by atoms with Crippen molar-refractivity contribution < 1.29 is 14.7 Å². The van der Waals surface area contributed by atoms with Crippen LogP contribution >= 0.6 is 34.3 Å². The average Bonchev–Trinajstić information content (AvgIpc) is 3.29. The highest BCUT2D eigenvalue weighted by molar-refractivity contribution is 7.15. The summed E-state index contributed by atoms with van der Waals surface area (Å²) >= 11 is 8.55. The zero-order chi connectivity index (χ0) is 18.3. The fourth-order valence-electron chi connectivity index (χ4n) is 2.50. The van der Waals surface area contributed by atoms with Gasteiger partial charge in [0.2, 0.25) is 0 Å². The molecule has 0 saturated heterocycles. The van der Waals surface area contributed by atoms with Gasteiger partial charge in [0.15, 0.2) is 4.96 Å². The van der Waals surface area contributed by atoms with Crippen molar-refractivity contribution >= 4 is 56.8 Å². The highest BCUT2D eigenvalue weighted by Gasteiger charge is 2.22. The Morgan fingerprint density at radius 2 is 1.96 bits per heavy atom. The van der Waals surface area contributed by atoms with E-state index in [1.807, 2.05) is 5.38 Å². The normalized spacial score (nSPS) is 11.0. The minimum absolute atomic E-state index is 0.0479. The van der Waals surface area contributed by atoms with E-state index < -0.39 is 11.9 Å². The van der Waals surface area contributed by atoms with Crippen LogP contribution in [0.25, 0.3) is 15.4 Å². The fraction of sp³-hybridized carbons (Fsp3) is 0. The summed E-state index contributed by atoms with van der Waals surface area (Å²) in [5.41, 5.74) is 1.24. The summed E-state index contributed by atoms with van der Waals surface area (Å²) in [4.78, 5) is 29.7. The number of thiophene rings is 1. The van der Waals surface area contributed by atoms with Gasteiger partial charge in [-0.1, -0.05) is 23.7 Å². The topological polar surface area (TPSA) is 83.7 Å². The lowest BCUT2D eigenvalue weighted by Gasteiger charge is -2.05. The number of rotatable bonds is 4. The molecular formula is C17H10ClN3O3S2. The second-order valence-corrected chi connectivity index (χ2v) is 7.53. The van der Waals surface area contributed by atoms with Crippen LogP contribution in [0.5, 0.6) is 0 Å². The van der Waals surface area contributed by atoms with Crippen LogP contribution in [0, 0.1) is 0 Å². The number of halogens is 1. The van der Waals surface area contributed by atoms with Gasteiger partial charge in [0.25, 0.3) is 5.91 Å². The van der Waals surface area contributed by atoms with E-state index in [1.54, 1.807) is 46.4 Å². The number of aromatic nitrogens is 2. The first-order valence-corrected chi connectivity index (χ1v) is 9.51. The van der Waals surface area contributed by atoms with Gasteiger partial charge in [-0.3, -0.25) is 9.20 Å². The highest BCUT2D eigenvalue weighted by Crippen LogP contribution is 2.36. The number of fused-ring (bicyclic) bond motifs is 1. The molecule has 0 unspecified atom stereocenters. The van der Waals surface area contributed by atoms with Crippen molar-refractivity contribution in [3.8, 4) is 10.4 Å². The smallest absolute Gasteiger partial charge is 0.339 e. The number of nitrogens with zero attached hydrogens (tertiary/aromatic N) is 2. The summed E-state index contributed by atoms with van der Waals surface area (Å²) in [6, 6.07) is 6.88. The molecule has 4 rings (SSSR count). The molecule has 4 aromatic rings. The number of aromatic carboxylic acids is 1. The molecule has 0 radical (unpaired) electrons. The van der Waals surface area contributed by atoms with Gasteiger partial charge < -0.3 is 10.4 Å². The summed E-state index contributed by atoms with van der Waals surface area (Å²) < 4.78 is 1.74. The lowest BCUT2D eigenvalue weighted by molar-refractivity contribution is 0.0699. The molecular weight excluding hydrogens is 394 g/mol. The van der Waals surface area contributed by atoms with E-state index in [2.05, 4.69) is 10.3 Å². The van der Waals surface area contributed by atoms with Gasteiger partial charge in [0, 0.05) is 28.2 Å². The Morgan fingerprint density at radius 3 is 2.65 bits per heavy atom. The number of nitrogens with one attached hydrogen (secondary N) is 1. The van der Waals surface area contributed by atoms with Gasteiger partial charge >= 0.3 is 5.97 Å². The summed E-state index contributed by atoms with van der Waals surface area (Å²) in [6.45, 7) is 0. The molecule has 1 amide bonds. The molecule has 0 aliphatic rings. The predicted molar refractivity (Wildman–Crippen MR) is 103 cm³/mol. The van der Waals surface area contributed by atoms with Gasteiger partial charge in [-0.05, 0) is 17.7 Å². The Kier molecular flexibility index (Phi) is 4.23. The van der Waals surface area contributed by atoms with E-state index in [9.17, 15) is 14.7 Å². The number of carbonyl (C=O) groups excluding carboxylic acids is 1. The van der Waals surface area contributed by atoms with Gasteiger partial charge in [-0.2, -0.15) is 0 Å². The third-order valence-corrected chi connectivity index (χ3v) is 5.74. The number of amides is 1. The lowest BCUT2D eigenvalue weighted by Crippen LogP contribution is -2.14. The highest BCUT2D eigenvalue weighted by atomic mass is 35.5. The van der Waals surface area contributed by atoms with Gasteiger partial charge in [-0.15, -0.1) is 22.7 Å². The summed E-state index contributed by atoms with van der Waals surface area (Å²) in [6.07, 6.45) is 3.41. The lowest BCUT2D eigenvalue weighted by atomic mass is 10.1. The summed E-state index contributed by atoms with van der Waals surface area (Å²) in [7, 11) is 0. The Bertz CT molecular complexity index is 1100. The van der Waals surface area contributed by atoms with E-state index in [0.29, 0.717) is 14.9 Å². The first-order valence-electron chi connectivity index (χ1n) is 7.37. The molecule has 1 aromatic carbocycles. The van der Waals surface area contributed by atoms with Crippen LogP contribution in [-0.4, -0.2) is 26.4 Å². The maximum atomic E-state index is 12.5. The van der Waals surface area contributed by atoms with Gasteiger partial charge in [0.1, 0.15) is 11.3 Å². The molecule has 2 N–H and O–H groups in total. The SMILES string of the molecule is O=C(Nc1csc(-c2ccc(Cl)cc2)c1C(=O)O)c1cn2ccsc2n1. The molecule has 3 heterocycles. The van der Waals surface area contributed by atoms with E-state index in [-0.39, 0.29) is 16.9 Å². The van der Waals surface area contributed by atoms with Crippen molar-refractivity contribution in [2.75, 3.05) is 5.32 Å². The molecule has 3 aromatic heterocycles. The second-order valence-electron chi connectivity index (χ2n) is 5.34. The van der Waals surface area contributed by atoms with Crippen LogP contribution in [-0.2, 0) is 0 Å². The monoisotopic (exact) mass is 403 g/mol. The number of hydrogen-bond acceptors (Lipinski definition) is 5. The number of carbonyl (C=O) groups is 2. The number of hydrogen-bond donors (Lipinski definition) is 2. The summed E-state index contributed by atoms with van der Waals surface area (Å²) in [5.74, 6) is -1.57. The predicted octanol–water partition coefficient (Wildman–Crippen LogP) is 4.73. The van der Waals surface area contributed by atoms with E-state index in [4.69, 9.17) is 11.6 Å². The summed E-state index contributed by atoms with van der Waals surface area (Å²) in [5, 5.41) is 16.3. The number of carboxylic acid groups (broad SMARTS) is 1. The standard InChI is InChI=1S/C17H10ClN3O3S2/c18-10-3-1-9(2-4-10)14-13(16(23)24)12(8-26-14)19-15(22)11-7-21-5-6-25-17(21)20-11/h1-8H,(H,19,22)(H,23,24). The molecule has 0 atom stereocenters. The molecule has 0 aliphatic carbocycles. The van der Waals surface area contributed by atoms with Crippen LogP contribution in [0.3, 0.4) is 0 Å². The van der Waals surface area contributed by atoms with Crippen LogP contribution in [0.1, 0.15) is 20.8 Å². The third-order valence-electron chi connectivity index (χ3n) is 3.69. The van der Waals surface area contributed by atoms with Gasteiger partial charge in [-0.25, -0.2) is 9.78 Å². The first kappa shape index (κ1) is 16.8. The second kappa shape index (κ2) is 6.56. The zero-order valence-electron chi connectivity index (χ0n) is 13.0. The average molecular weight is 404 g/mol. The maximum Gasteiger partial charge on any atom is 0.339 e. The maximum absolute atomic E-state index is 12.5. The van der Waals surface area contributed by atoms with Gasteiger partial charge in [0.05, 0.1) is 10.6 Å². The first-order chi connectivity index (χ1) is 12.5. The fourth-order valence-corrected chi connectivity index (χ4v) is 4.32. The molecule has 9 heteroatoms. The molecule has 6 nitrogen and oxygen atoms in total. The van der Waals surface area contributed by atoms with Crippen molar-refractivity contribution in [1.29, 1.82) is 0 Å². The number of carboxylic acids is 1. The molecule has 0 saturated carbocycles. The molecule has 0 aliphatic heterocycles. The number of benzene rings is 1. The quantitative estimate of drug-likeness (QED) is 0.516. The number of anilines is 1. The third kappa shape index (κ3) is 2.98. The van der Waals surface area contributed by atoms with Crippen LogP contribution < -0.4 is 5.32 Å². The van der Waals surface area contributed by atoms with Crippen molar-refractivity contribution in [2.45, 2.75) is 0 Å². The Hall–Kier alpha value is -2.68. The molecule has 0 fully saturated rings. The van der Waals surface area contributed by atoms with Crippen molar-refractivity contribution in [3.63, 3.8) is 0 Å². The Balaban J connectivity index is 1.68. The van der Waals surface area contributed by atoms with Crippen molar-refractivity contribution in [3.05, 3.63) is 63.7 Å². The number of imidazole rings is 1. The molecule has 0 spiro atoms. The van der Waals surface area contributed by atoms with E-state index in [0.717, 1.165) is 5.56 Å². The minimum atomic E-state index is -1.11. The molecule has 0 bridgehead atoms. The van der Waals surface area contributed by atoms with Crippen LogP contribution in [0.2, 0.25) is 5.02 Å².